The molecule has 0 atom stereocenters. The fourth-order valence-corrected chi connectivity index (χ4v) is 3.20. The standard InChI is InChI=1S/C18H14ClNO/c19-17-14-8-4-7-13(12-5-2-1-3-6-12)18(14)20-16-9-10-21-11-15(16)17/h1-8H,9-11H2. The summed E-state index contributed by atoms with van der Waals surface area (Å²) in [6.07, 6.45) is 0.827. The van der Waals surface area contributed by atoms with Crippen molar-refractivity contribution in [1.29, 1.82) is 0 Å². The van der Waals surface area contributed by atoms with E-state index in [1.165, 1.54) is 5.56 Å². The van der Waals surface area contributed by atoms with Crippen LogP contribution in [0.1, 0.15) is 11.3 Å². The molecule has 0 saturated carbocycles. The van der Waals surface area contributed by atoms with E-state index in [2.05, 4.69) is 18.2 Å². The molecular formula is C18H14ClNO. The number of hydrogen-bond donors (Lipinski definition) is 0. The summed E-state index contributed by atoms with van der Waals surface area (Å²) in [6, 6.07) is 16.5. The van der Waals surface area contributed by atoms with Crippen LogP contribution in [0.5, 0.6) is 0 Å². The summed E-state index contributed by atoms with van der Waals surface area (Å²) in [4.78, 5) is 4.89. The van der Waals surface area contributed by atoms with Crippen LogP contribution in [0, 0.1) is 0 Å². The highest BCUT2D eigenvalue weighted by Gasteiger charge is 2.18. The second-order valence-corrected chi connectivity index (χ2v) is 5.60. The molecule has 2 nitrogen and oxygen atoms in total. The third kappa shape index (κ3) is 2.11. The largest absolute Gasteiger partial charge is 0.376 e. The van der Waals surface area contributed by atoms with Crippen LogP contribution >= 0.6 is 11.6 Å². The van der Waals surface area contributed by atoms with Crippen molar-refractivity contribution in [2.24, 2.45) is 0 Å². The molecule has 1 aliphatic rings. The van der Waals surface area contributed by atoms with Gasteiger partial charge in [-0.05, 0) is 5.56 Å². The minimum Gasteiger partial charge on any atom is -0.376 e. The summed E-state index contributed by atoms with van der Waals surface area (Å²) in [5, 5.41) is 1.79. The maximum absolute atomic E-state index is 6.60. The molecule has 1 aromatic heterocycles. The van der Waals surface area contributed by atoms with Crippen LogP contribution in [0.15, 0.2) is 48.5 Å². The third-order valence-electron chi connectivity index (χ3n) is 3.95. The first-order valence-corrected chi connectivity index (χ1v) is 7.45. The molecule has 3 heteroatoms. The van der Waals surface area contributed by atoms with Gasteiger partial charge in [0.25, 0.3) is 0 Å². The molecule has 3 aromatic rings. The molecule has 2 heterocycles. The lowest BCUT2D eigenvalue weighted by Crippen LogP contribution is -2.12. The van der Waals surface area contributed by atoms with E-state index in [1.807, 2.05) is 30.3 Å². The van der Waals surface area contributed by atoms with Gasteiger partial charge in [-0.15, -0.1) is 0 Å². The molecule has 0 aliphatic carbocycles. The van der Waals surface area contributed by atoms with Crippen LogP contribution in [0.25, 0.3) is 22.0 Å². The van der Waals surface area contributed by atoms with E-state index < -0.39 is 0 Å². The van der Waals surface area contributed by atoms with E-state index in [9.17, 15) is 0 Å². The van der Waals surface area contributed by atoms with E-state index >= 15 is 0 Å². The number of ether oxygens (including phenoxy) is 1. The number of aromatic nitrogens is 1. The first-order valence-electron chi connectivity index (χ1n) is 7.08. The number of pyridine rings is 1. The van der Waals surface area contributed by atoms with Crippen molar-refractivity contribution < 1.29 is 4.74 Å². The van der Waals surface area contributed by atoms with Crippen molar-refractivity contribution in [3.05, 3.63) is 64.8 Å². The molecule has 1 aliphatic heterocycles. The van der Waals surface area contributed by atoms with Crippen molar-refractivity contribution in [2.75, 3.05) is 6.61 Å². The maximum Gasteiger partial charge on any atom is 0.0798 e. The van der Waals surface area contributed by atoms with Gasteiger partial charge in [-0.3, -0.25) is 4.98 Å². The molecular weight excluding hydrogens is 282 g/mol. The Balaban J connectivity index is 2.04. The summed E-state index contributed by atoms with van der Waals surface area (Å²) in [7, 11) is 0. The Morgan fingerprint density at radius 1 is 1.00 bits per heavy atom. The van der Waals surface area contributed by atoms with Crippen molar-refractivity contribution in [3.63, 3.8) is 0 Å². The van der Waals surface area contributed by atoms with Crippen molar-refractivity contribution in [2.45, 2.75) is 13.0 Å². The number of halogens is 1. The van der Waals surface area contributed by atoms with Crippen molar-refractivity contribution in [3.8, 4) is 11.1 Å². The summed E-state index contributed by atoms with van der Waals surface area (Å²) in [5.41, 5.74) is 5.39. The normalized spacial score (nSPS) is 14.1. The van der Waals surface area contributed by atoms with Crippen LogP contribution in [0.4, 0.5) is 0 Å². The molecule has 0 radical (unpaired) electrons. The van der Waals surface area contributed by atoms with Crippen LogP contribution in [-0.2, 0) is 17.8 Å². The number of nitrogens with zero attached hydrogens (tertiary/aromatic N) is 1. The van der Waals surface area contributed by atoms with Crippen LogP contribution < -0.4 is 0 Å². The molecule has 0 spiro atoms. The van der Waals surface area contributed by atoms with Crippen molar-refractivity contribution >= 4 is 22.5 Å². The topological polar surface area (TPSA) is 22.1 Å². The van der Waals surface area contributed by atoms with E-state index in [-0.39, 0.29) is 0 Å². The molecule has 0 saturated heterocycles. The second kappa shape index (κ2) is 5.14. The fraction of sp³-hybridized carbons (Fsp3) is 0.167. The van der Waals surface area contributed by atoms with Crippen molar-refractivity contribution in [1.82, 2.24) is 4.98 Å². The number of para-hydroxylation sites is 1. The van der Waals surface area contributed by atoms with Gasteiger partial charge in [0, 0.05) is 22.9 Å². The van der Waals surface area contributed by atoms with Gasteiger partial charge in [0.1, 0.15) is 0 Å². The Kier molecular flexibility index (Phi) is 3.13. The number of benzene rings is 2. The summed E-state index contributed by atoms with van der Waals surface area (Å²) in [5.74, 6) is 0. The van der Waals surface area contributed by atoms with Gasteiger partial charge in [0.2, 0.25) is 0 Å². The molecule has 0 bridgehead atoms. The summed E-state index contributed by atoms with van der Waals surface area (Å²) in [6.45, 7) is 1.28. The zero-order valence-corrected chi connectivity index (χ0v) is 12.2. The number of hydrogen-bond acceptors (Lipinski definition) is 2. The summed E-state index contributed by atoms with van der Waals surface area (Å²) < 4.78 is 5.52. The van der Waals surface area contributed by atoms with E-state index in [0.717, 1.165) is 45.8 Å². The predicted octanol–water partition coefficient (Wildman–Crippen LogP) is 4.63. The van der Waals surface area contributed by atoms with Crippen LogP contribution in [0.3, 0.4) is 0 Å². The Labute approximate surface area is 128 Å². The zero-order valence-electron chi connectivity index (χ0n) is 11.5. The molecule has 21 heavy (non-hydrogen) atoms. The van der Waals surface area contributed by atoms with Gasteiger partial charge in [0.05, 0.1) is 29.4 Å². The van der Waals surface area contributed by atoms with Gasteiger partial charge in [-0.1, -0.05) is 60.1 Å². The number of fused-ring (bicyclic) bond motifs is 2. The second-order valence-electron chi connectivity index (χ2n) is 5.22. The minimum atomic E-state index is 0.562. The Morgan fingerprint density at radius 2 is 1.86 bits per heavy atom. The minimum absolute atomic E-state index is 0.562. The van der Waals surface area contributed by atoms with Gasteiger partial charge in [-0.2, -0.15) is 0 Å². The Hall–Kier alpha value is -1.90. The van der Waals surface area contributed by atoms with Gasteiger partial charge in [-0.25, -0.2) is 0 Å². The Morgan fingerprint density at radius 3 is 2.71 bits per heavy atom. The molecule has 0 N–H and O–H groups in total. The molecule has 2 aromatic carbocycles. The lowest BCUT2D eigenvalue weighted by molar-refractivity contribution is 0.109. The molecule has 0 unspecified atom stereocenters. The van der Waals surface area contributed by atoms with Gasteiger partial charge in [0.15, 0.2) is 0 Å². The average molecular weight is 296 g/mol. The predicted molar refractivity (Wildman–Crippen MR) is 85.5 cm³/mol. The van der Waals surface area contributed by atoms with Crippen LogP contribution in [-0.4, -0.2) is 11.6 Å². The third-order valence-corrected chi connectivity index (χ3v) is 4.38. The Bertz CT molecular complexity index is 814. The lowest BCUT2D eigenvalue weighted by Gasteiger charge is -2.19. The highest BCUT2D eigenvalue weighted by molar-refractivity contribution is 6.36. The monoisotopic (exact) mass is 295 g/mol. The molecule has 0 amide bonds. The number of rotatable bonds is 1. The van der Waals surface area contributed by atoms with E-state index in [1.54, 1.807) is 0 Å². The highest BCUT2D eigenvalue weighted by Crippen LogP contribution is 2.35. The average Bonchev–Trinajstić information content (AvgIpc) is 2.56. The van der Waals surface area contributed by atoms with Gasteiger partial charge < -0.3 is 4.74 Å². The fourth-order valence-electron chi connectivity index (χ4n) is 2.88. The maximum atomic E-state index is 6.60. The van der Waals surface area contributed by atoms with E-state index in [0.29, 0.717) is 6.61 Å². The SMILES string of the molecule is Clc1c2c(nc3c(-c4ccccc4)cccc13)CCOC2. The van der Waals surface area contributed by atoms with E-state index in [4.69, 9.17) is 21.3 Å². The smallest absolute Gasteiger partial charge is 0.0798 e. The highest BCUT2D eigenvalue weighted by atomic mass is 35.5. The quantitative estimate of drug-likeness (QED) is 0.653. The zero-order chi connectivity index (χ0) is 14.2. The molecule has 4 rings (SSSR count). The van der Waals surface area contributed by atoms with Crippen LogP contribution in [0.2, 0.25) is 5.02 Å². The first-order chi connectivity index (χ1) is 10.3. The van der Waals surface area contributed by atoms with Gasteiger partial charge >= 0.3 is 0 Å². The molecule has 104 valence electrons. The summed E-state index contributed by atoms with van der Waals surface area (Å²) >= 11 is 6.60. The lowest BCUT2D eigenvalue weighted by atomic mass is 9.99. The molecule has 0 fully saturated rings. The first kappa shape index (κ1) is 12.8.